The number of ether oxygens (including phenoxy) is 3. The molecule has 16 nitrogen and oxygen atoms in total. The molecule has 0 radical (unpaired) electrons. The van der Waals surface area contributed by atoms with Gasteiger partial charge >= 0.3 is 7.82 Å². The average Bonchev–Trinajstić information content (AvgIpc) is 3.77. The predicted octanol–water partition coefficient (Wildman–Crippen LogP) is 7.27. The number of carbonyl (C=O) groups is 1. The first-order valence-electron chi connectivity index (χ1n) is 17.3. The fraction of sp³-hybridized carbons (Fsp3) is 0.457. The highest BCUT2D eigenvalue weighted by molar-refractivity contribution is 7.89. The average molecular weight is 811 g/mol. The summed E-state index contributed by atoms with van der Waals surface area (Å²) in [6, 6.07) is 8.60. The van der Waals surface area contributed by atoms with Crippen molar-refractivity contribution < 1.29 is 50.5 Å². The lowest BCUT2D eigenvalue weighted by molar-refractivity contribution is -0.383. The van der Waals surface area contributed by atoms with Crippen molar-refractivity contribution in [3.63, 3.8) is 0 Å². The van der Waals surface area contributed by atoms with Gasteiger partial charge in [0.15, 0.2) is 11.5 Å². The lowest BCUT2D eigenvalue weighted by Crippen LogP contribution is -2.30. The third-order valence-corrected chi connectivity index (χ3v) is 12.3. The highest BCUT2D eigenvalue weighted by atomic mass is 35.5. The summed E-state index contributed by atoms with van der Waals surface area (Å²) in [5.41, 5.74) is 1.11. The molecule has 1 atom stereocenters. The van der Waals surface area contributed by atoms with Crippen molar-refractivity contribution in [2.45, 2.75) is 50.3 Å². The first kappa shape index (κ1) is 41.2. The SMILES string of the molecule is CCCCOP(=O)(OCCCC)OCCNS(=O)(=O)c1ccc2c3c(cc([N+](=O)[O-])c2c1)N(C(=O)c1cc2cc(OC)c(OC)c(OC)c2[nH]1)CC3CCl. The van der Waals surface area contributed by atoms with Gasteiger partial charge in [-0.05, 0) is 48.1 Å². The molecule has 2 heterocycles. The highest BCUT2D eigenvalue weighted by Crippen LogP contribution is 2.50. The molecule has 54 heavy (non-hydrogen) atoms. The van der Waals surface area contributed by atoms with Crippen LogP contribution < -0.4 is 23.8 Å². The molecule has 2 N–H and O–H groups in total. The largest absolute Gasteiger partial charge is 0.493 e. The molecule has 4 aromatic rings. The summed E-state index contributed by atoms with van der Waals surface area (Å²) in [7, 11) is -3.73. The quantitative estimate of drug-likeness (QED) is 0.0298. The topological polar surface area (TPSA) is 198 Å². The molecule has 0 spiro atoms. The molecule has 1 aromatic heterocycles. The van der Waals surface area contributed by atoms with Gasteiger partial charge in [-0.1, -0.05) is 32.8 Å². The second-order valence-corrected chi connectivity index (χ2v) is 16.1. The van der Waals surface area contributed by atoms with Crippen molar-refractivity contribution in [3.8, 4) is 17.2 Å². The molecule has 1 unspecified atom stereocenters. The third kappa shape index (κ3) is 8.47. The number of anilines is 1. The fourth-order valence-electron chi connectivity index (χ4n) is 6.27. The van der Waals surface area contributed by atoms with Gasteiger partial charge in [0.2, 0.25) is 15.8 Å². The fourth-order valence-corrected chi connectivity index (χ4v) is 8.80. The van der Waals surface area contributed by atoms with Crippen molar-refractivity contribution in [2.24, 2.45) is 0 Å². The molecule has 0 saturated carbocycles. The molecule has 0 bridgehead atoms. The van der Waals surface area contributed by atoms with Crippen LogP contribution in [-0.2, 0) is 28.2 Å². The van der Waals surface area contributed by atoms with Crippen molar-refractivity contribution >= 4 is 68.4 Å². The van der Waals surface area contributed by atoms with E-state index in [1.165, 1.54) is 50.5 Å². The van der Waals surface area contributed by atoms with Gasteiger partial charge in [-0.15, -0.1) is 11.6 Å². The number of hydrogen-bond acceptors (Lipinski definition) is 12. The van der Waals surface area contributed by atoms with Crippen LogP contribution in [-0.4, -0.2) is 84.4 Å². The molecule has 5 rings (SSSR count). The Morgan fingerprint density at radius 1 is 0.981 bits per heavy atom. The van der Waals surface area contributed by atoms with Gasteiger partial charge in [-0.25, -0.2) is 17.7 Å². The molecule has 3 aromatic carbocycles. The Labute approximate surface area is 318 Å². The Kier molecular flexibility index (Phi) is 13.5. The normalized spacial score (nSPS) is 14.5. The maximum Gasteiger partial charge on any atom is 0.474 e. The lowest BCUT2D eigenvalue weighted by Gasteiger charge is -2.18. The van der Waals surface area contributed by atoms with Crippen LogP contribution in [0.1, 0.15) is 61.5 Å². The standard InChI is InChI=1S/C35H44ClN4O12PS/c1-6-8-13-50-53(44,51-14-9-7-2)52-15-12-37-54(45,46)24-10-11-25-26(18-24)28(40(42)43)19-29-31(25)23(20-36)21-39(29)35(41)27-16-22-17-30(47-3)33(48-4)34(49-5)32(22)38-27/h10-11,16-19,23,37-38H,6-9,12-15,20-21H2,1-5H3. The van der Waals surface area contributed by atoms with Crippen LogP contribution in [0.4, 0.5) is 11.4 Å². The monoisotopic (exact) mass is 810 g/mol. The van der Waals surface area contributed by atoms with Crippen LogP contribution >= 0.6 is 19.4 Å². The number of rotatable bonds is 20. The number of nitro benzene ring substituents is 1. The third-order valence-electron chi connectivity index (χ3n) is 8.94. The summed E-state index contributed by atoms with van der Waals surface area (Å²) in [5.74, 6) is 0.226. The van der Waals surface area contributed by atoms with Gasteiger partial charge < -0.3 is 24.1 Å². The maximum atomic E-state index is 14.1. The number of nitrogens with zero attached hydrogens (tertiary/aromatic N) is 2. The van der Waals surface area contributed by atoms with Gasteiger partial charge in [-0.3, -0.25) is 28.5 Å². The van der Waals surface area contributed by atoms with Crippen LogP contribution in [0.15, 0.2) is 41.3 Å². The van der Waals surface area contributed by atoms with Gasteiger partial charge in [0.05, 0.1) is 67.6 Å². The Morgan fingerprint density at radius 2 is 1.65 bits per heavy atom. The number of hydrogen-bond donors (Lipinski definition) is 2. The van der Waals surface area contributed by atoms with Crippen LogP contribution in [0.5, 0.6) is 17.2 Å². The number of aromatic amines is 1. The Morgan fingerprint density at radius 3 is 2.24 bits per heavy atom. The molecule has 0 aliphatic carbocycles. The van der Waals surface area contributed by atoms with E-state index in [2.05, 4.69) is 9.71 Å². The molecular formula is C35H44ClN4O12PS. The minimum Gasteiger partial charge on any atom is -0.493 e. The summed E-state index contributed by atoms with van der Waals surface area (Å²) >= 11 is 6.42. The molecular weight excluding hydrogens is 767 g/mol. The van der Waals surface area contributed by atoms with Crippen LogP contribution in [0.2, 0.25) is 0 Å². The number of fused-ring (bicyclic) bond motifs is 4. The van der Waals surface area contributed by atoms with Crippen molar-refractivity contribution in [3.05, 3.63) is 57.8 Å². The Bertz CT molecular complexity index is 2170. The number of benzene rings is 3. The zero-order chi connectivity index (χ0) is 39.2. The number of phosphoric acid groups is 1. The lowest BCUT2D eigenvalue weighted by atomic mass is 9.95. The number of carbonyl (C=O) groups excluding carboxylic acids is 1. The Hall–Kier alpha value is -3.96. The van der Waals surface area contributed by atoms with E-state index in [0.29, 0.717) is 51.9 Å². The molecule has 294 valence electrons. The van der Waals surface area contributed by atoms with Gasteiger partial charge in [0.1, 0.15) is 5.69 Å². The minimum atomic E-state index is -4.22. The summed E-state index contributed by atoms with van der Waals surface area (Å²) in [5, 5.41) is 13.5. The highest BCUT2D eigenvalue weighted by Gasteiger charge is 2.38. The van der Waals surface area contributed by atoms with E-state index in [1.54, 1.807) is 12.1 Å². The van der Waals surface area contributed by atoms with Crippen molar-refractivity contribution in [1.29, 1.82) is 0 Å². The van der Waals surface area contributed by atoms with E-state index in [9.17, 15) is 27.9 Å². The smallest absolute Gasteiger partial charge is 0.474 e. The maximum absolute atomic E-state index is 14.1. The molecule has 1 amide bonds. The molecule has 19 heteroatoms. The van der Waals surface area contributed by atoms with Gasteiger partial charge in [0.25, 0.3) is 11.6 Å². The van der Waals surface area contributed by atoms with E-state index >= 15 is 0 Å². The Balaban J connectivity index is 1.44. The number of phosphoric ester groups is 1. The molecule has 0 saturated heterocycles. The molecule has 1 aliphatic heterocycles. The zero-order valence-corrected chi connectivity index (χ0v) is 33.1. The number of methoxy groups -OCH3 is 3. The number of sulfonamides is 1. The van der Waals surface area contributed by atoms with Crippen LogP contribution in [0.25, 0.3) is 21.7 Å². The zero-order valence-electron chi connectivity index (χ0n) is 30.6. The van der Waals surface area contributed by atoms with E-state index < -0.39 is 40.3 Å². The van der Waals surface area contributed by atoms with Crippen LogP contribution in [0.3, 0.4) is 0 Å². The second kappa shape index (κ2) is 17.7. The van der Waals surface area contributed by atoms with E-state index in [0.717, 1.165) is 12.8 Å². The summed E-state index contributed by atoms with van der Waals surface area (Å²) in [6.45, 7) is 3.72. The number of nitrogens with one attached hydrogen (secondary N) is 2. The van der Waals surface area contributed by atoms with E-state index in [-0.39, 0.29) is 60.5 Å². The summed E-state index contributed by atoms with van der Waals surface area (Å²) < 4.78 is 74.8. The number of H-pyrrole nitrogens is 1. The number of alkyl halides is 1. The minimum absolute atomic E-state index is 0.0509. The van der Waals surface area contributed by atoms with Crippen molar-refractivity contribution in [2.75, 3.05) is 65.0 Å². The van der Waals surface area contributed by atoms with E-state index in [4.69, 9.17) is 39.4 Å². The second-order valence-electron chi connectivity index (χ2n) is 12.4. The number of unbranched alkanes of at least 4 members (excludes halogenated alkanes) is 2. The first-order chi connectivity index (χ1) is 25.9. The van der Waals surface area contributed by atoms with Crippen molar-refractivity contribution in [1.82, 2.24) is 9.71 Å². The summed E-state index contributed by atoms with van der Waals surface area (Å²) in [4.78, 5) is 30.2. The number of non-ortho nitro benzene ring substituents is 1. The summed E-state index contributed by atoms with van der Waals surface area (Å²) in [6.07, 6.45) is 2.89. The number of amides is 1. The predicted molar refractivity (Wildman–Crippen MR) is 204 cm³/mol. The molecule has 0 fully saturated rings. The van der Waals surface area contributed by atoms with Gasteiger partial charge in [-0.2, -0.15) is 0 Å². The van der Waals surface area contributed by atoms with Gasteiger partial charge in [0, 0.05) is 36.3 Å². The first-order valence-corrected chi connectivity index (χ1v) is 20.8. The number of aromatic nitrogens is 1. The van der Waals surface area contributed by atoms with E-state index in [1.807, 2.05) is 13.8 Å². The van der Waals surface area contributed by atoms with Crippen LogP contribution in [0, 0.1) is 10.1 Å². The number of nitro groups is 1. The number of halogens is 1. The molecule has 1 aliphatic rings.